The van der Waals surface area contributed by atoms with Crippen LogP contribution in [0.3, 0.4) is 0 Å². The lowest BCUT2D eigenvalue weighted by molar-refractivity contribution is -0.00292. The molecule has 0 aliphatic rings. The van der Waals surface area contributed by atoms with Crippen molar-refractivity contribution in [3.63, 3.8) is 0 Å². The van der Waals surface area contributed by atoms with Crippen molar-refractivity contribution in [2.45, 2.75) is 39.4 Å². The summed E-state index contributed by atoms with van der Waals surface area (Å²) in [7, 11) is 0. The number of esters is 1. The summed E-state index contributed by atoms with van der Waals surface area (Å²) < 4.78 is 11.8. The molecule has 0 spiro atoms. The third-order valence-electron chi connectivity index (χ3n) is 3.89. The van der Waals surface area contributed by atoms with Gasteiger partial charge in [0.25, 0.3) is 0 Å². The van der Waals surface area contributed by atoms with E-state index in [1.165, 1.54) is 0 Å². The van der Waals surface area contributed by atoms with E-state index in [1.807, 2.05) is 51.1 Å². The van der Waals surface area contributed by atoms with Crippen LogP contribution in [0.15, 0.2) is 46.9 Å². The molecule has 25 heavy (non-hydrogen) atoms. The summed E-state index contributed by atoms with van der Waals surface area (Å²) >= 11 is 3.35. The lowest BCUT2D eigenvalue weighted by atomic mass is 10.1. The Bertz CT molecular complexity index is 795. The molecule has 0 heterocycles. The molecule has 0 unspecified atom stereocenters. The number of benzene rings is 2. The number of rotatable bonds is 6. The second-order valence-electron chi connectivity index (χ2n) is 6.19. The van der Waals surface area contributed by atoms with Gasteiger partial charge < -0.3 is 9.47 Å². The minimum atomic E-state index is -0.601. The SMILES string of the molecule is CCC(C)(C)OC(=O)c1c(OCc2ccccc2)ccc(C#N)c1Br. The molecule has 0 aromatic heterocycles. The van der Waals surface area contributed by atoms with Crippen LogP contribution in [0, 0.1) is 11.3 Å². The maximum absolute atomic E-state index is 12.7. The van der Waals surface area contributed by atoms with Crippen molar-refractivity contribution in [1.82, 2.24) is 0 Å². The van der Waals surface area contributed by atoms with E-state index >= 15 is 0 Å². The highest BCUT2D eigenvalue weighted by Gasteiger charge is 2.27. The Balaban J connectivity index is 2.34. The van der Waals surface area contributed by atoms with Crippen molar-refractivity contribution in [2.75, 3.05) is 0 Å². The van der Waals surface area contributed by atoms with Gasteiger partial charge in [0.1, 0.15) is 29.6 Å². The molecule has 0 radical (unpaired) electrons. The smallest absolute Gasteiger partial charge is 0.343 e. The summed E-state index contributed by atoms with van der Waals surface area (Å²) in [5, 5.41) is 9.23. The maximum atomic E-state index is 12.7. The van der Waals surface area contributed by atoms with Gasteiger partial charge in [-0.3, -0.25) is 0 Å². The van der Waals surface area contributed by atoms with Crippen molar-refractivity contribution >= 4 is 21.9 Å². The standard InChI is InChI=1S/C20H20BrNO3/c1-4-20(2,3)25-19(23)17-16(11-10-15(12-22)18(17)21)24-13-14-8-6-5-7-9-14/h5-11H,4,13H2,1-3H3. The van der Waals surface area contributed by atoms with Crippen LogP contribution in [0.4, 0.5) is 0 Å². The lowest BCUT2D eigenvalue weighted by Crippen LogP contribution is -2.27. The molecule has 0 bridgehead atoms. The van der Waals surface area contributed by atoms with Gasteiger partial charge in [-0.15, -0.1) is 0 Å². The molecule has 0 aliphatic carbocycles. The molecular formula is C20H20BrNO3. The Morgan fingerprint density at radius 2 is 1.88 bits per heavy atom. The van der Waals surface area contributed by atoms with Crippen LogP contribution >= 0.6 is 15.9 Å². The molecular weight excluding hydrogens is 382 g/mol. The van der Waals surface area contributed by atoms with Crippen molar-refractivity contribution in [1.29, 1.82) is 5.26 Å². The highest BCUT2D eigenvalue weighted by molar-refractivity contribution is 9.10. The summed E-state index contributed by atoms with van der Waals surface area (Å²) in [5.74, 6) is -0.134. The monoisotopic (exact) mass is 401 g/mol. The quantitative estimate of drug-likeness (QED) is 0.620. The molecule has 0 saturated heterocycles. The van der Waals surface area contributed by atoms with E-state index in [0.717, 1.165) is 5.56 Å². The summed E-state index contributed by atoms with van der Waals surface area (Å²) in [6, 6.07) is 15.0. The second kappa shape index (κ2) is 8.17. The van der Waals surface area contributed by atoms with Gasteiger partial charge in [0.2, 0.25) is 0 Å². The highest BCUT2D eigenvalue weighted by atomic mass is 79.9. The summed E-state index contributed by atoms with van der Waals surface area (Å²) in [6.45, 7) is 5.95. The molecule has 5 heteroatoms. The van der Waals surface area contributed by atoms with Crippen LogP contribution in [-0.4, -0.2) is 11.6 Å². The number of nitriles is 1. The van der Waals surface area contributed by atoms with Gasteiger partial charge >= 0.3 is 5.97 Å². The Labute approximate surface area is 156 Å². The Kier molecular flexibility index (Phi) is 6.22. The number of hydrogen-bond donors (Lipinski definition) is 0. The fourth-order valence-corrected chi connectivity index (χ4v) is 2.64. The Morgan fingerprint density at radius 1 is 1.20 bits per heavy atom. The average Bonchev–Trinajstić information content (AvgIpc) is 2.60. The third-order valence-corrected chi connectivity index (χ3v) is 4.71. The van der Waals surface area contributed by atoms with E-state index in [2.05, 4.69) is 22.0 Å². The van der Waals surface area contributed by atoms with Crippen molar-refractivity contribution in [3.05, 3.63) is 63.6 Å². The van der Waals surface area contributed by atoms with E-state index in [9.17, 15) is 10.1 Å². The predicted molar refractivity (Wildman–Crippen MR) is 99.4 cm³/mol. The minimum Gasteiger partial charge on any atom is -0.488 e. The number of carbonyl (C=O) groups is 1. The minimum absolute atomic E-state index is 0.233. The first-order valence-electron chi connectivity index (χ1n) is 8.00. The molecule has 0 fully saturated rings. The van der Waals surface area contributed by atoms with Crippen molar-refractivity contribution in [2.24, 2.45) is 0 Å². The van der Waals surface area contributed by atoms with Crippen LogP contribution in [0.1, 0.15) is 48.7 Å². The van der Waals surface area contributed by atoms with Crippen LogP contribution in [-0.2, 0) is 11.3 Å². The van der Waals surface area contributed by atoms with E-state index < -0.39 is 11.6 Å². The fraction of sp³-hybridized carbons (Fsp3) is 0.300. The van der Waals surface area contributed by atoms with Crippen LogP contribution in [0.2, 0.25) is 0 Å². The number of carbonyl (C=O) groups excluding carboxylic acids is 1. The number of ether oxygens (including phenoxy) is 2. The van der Waals surface area contributed by atoms with Gasteiger partial charge in [-0.1, -0.05) is 37.3 Å². The van der Waals surface area contributed by atoms with Gasteiger partial charge in [-0.2, -0.15) is 5.26 Å². The first kappa shape index (κ1) is 19.0. The molecule has 0 saturated carbocycles. The van der Waals surface area contributed by atoms with Gasteiger partial charge in [0, 0.05) is 0 Å². The third kappa shape index (κ3) is 4.83. The van der Waals surface area contributed by atoms with E-state index in [1.54, 1.807) is 12.1 Å². The lowest BCUT2D eigenvalue weighted by Gasteiger charge is -2.24. The number of nitrogens with zero attached hydrogens (tertiary/aromatic N) is 1. The molecule has 0 aliphatic heterocycles. The van der Waals surface area contributed by atoms with Crippen LogP contribution in [0.25, 0.3) is 0 Å². The molecule has 0 atom stereocenters. The molecule has 0 N–H and O–H groups in total. The highest BCUT2D eigenvalue weighted by Crippen LogP contribution is 2.33. The number of halogens is 1. The van der Waals surface area contributed by atoms with E-state index in [4.69, 9.17) is 9.47 Å². The molecule has 2 aromatic carbocycles. The molecule has 2 aromatic rings. The van der Waals surface area contributed by atoms with Gasteiger partial charge in [0.05, 0.1) is 10.0 Å². The van der Waals surface area contributed by atoms with Crippen molar-refractivity contribution in [3.8, 4) is 11.8 Å². The largest absolute Gasteiger partial charge is 0.488 e. The van der Waals surface area contributed by atoms with Crippen molar-refractivity contribution < 1.29 is 14.3 Å². The number of hydrogen-bond acceptors (Lipinski definition) is 4. The van der Waals surface area contributed by atoms with Gasteiger partial charge in [-0.25, -0.2) is 4.79 Å². The molecule has 0 amide bonds. The van der Waals surface area contributed by atoms with Gasteiger partial charge in [0.15, 0.2) is 0 Å². The second-order valence-corrected chi connectivity index (χ2v) is 6.98. The Hall–Kier alpha value is -2.32. The fourth-order valence-electron chi connectivity index (χ4n) is 2.06. The predicted octanol–water partition coefficient (Wildman–Crippen LogP) is 5.25. The topological polar surface area (TPSA) is 59.3 Å². The molecule has 2 rings (SSSR count). The van der Waals surface area contributed by atoms with E-state index in [0.29, 0.717) is 28.8 Å². The first-order valence-corrected chi connectivity index (χ1v) is 8.80. The normalized spacial score (nSPS) is 10.8. The molecule has 4 nitrogen and oxygen atoms in total. The first-order chi connectivity index (χ1) is 11.9. The zero-order valence-corrected chi connectivity index (χ0v) is 16.1. The summed E-state index contributed by atoms with van der Waals surface area (Å²) in [4.78, 5) is 12.7. The summed E-state index contributed by atoms with van der Waals surface area (Å²) in [6.07, 6.45) is 0.675. The Morgan fingerprint density at radius 3 is 2.48 bits per heavy atom. The van der Waals surface area contributed by atoms with Crippen LogP contribution in [0.5, 0.6) is 5.75 Å². The zero-order chi connectivity index (χ0) is 18.4. The zero-order valence-electron chi connectivity index (χ0n) is 14.5. The van der Waals surface area contributed by atoms with E-state index in [-0.39, 0.29) is 5.56 Å². The van der Waals surface area contributed by atoms with Gasteiger partial charge in [-0.05, 0) is 53.9 Å². The molecule has 130 valence electrons. The summed E-state index contributed by atoms with van der Waals surface area (Å²) in [5.41, 5.74) is 0.969. The average molecular weight is 402 g/mol. The van der Waals surface area contributed by atoms with Crippen LogP contribution < -0.4 is 4.74 Å². The maximum Gasteiger partial charge on any atom is 0.343 e.